The van der Waals surface area contributed by atoms with Crippen LogP contribution in [0.1, 0.15) is 152 Å². The Morgan fingerprint density at radius 1 is 0.317 bits per heavy atom. The molecule has 0 aliphatic rings. The zero-order valence-electron chi connectivity index (χ0n) is 28.6. The summed E-state index contributed by atoms with van der Waals surface area (Å²) in [7, 11) is 0. The van der Waals surface area contributed by atoms with Crippen molar-refractivity contribution < 1.29 is 0 Å². The van der Waals surface area contributed by atoms with E-state index >= 15 is 0 Å². The summed E-state index contributed by atoms with van der Waals surface area (Å²) in [5.74, 6) is 0. The molecule has 0 aliphatic carbocycles. The number of alkyl halides is 1. The molecule has 0 heterocycles. The molecular formula is C40H65I. The lowest BCUT2D eigenvalue weighted by molar-refractivity contribution is 0.882. The van der Waals surface area contributed by atoms with E-state index in [1.54, 1.807) is 0 Å². The molecule has 0 amide bonds. The van der Waals surface area contributed by atoms with Crippen LogP contribution in [0.2, 0.25) is 0 Å². The van der Waals surface area contributed by atoms with E-state index in [1.807, 2.05) is 0 Å². The molecule has 0 aromatic rings. The highest BCUT2D eigenvalue weighted by Gasteiger charge is 1.96. The zero-order chi connectivity index (χ0) is 30.9. The number of halogens is 1. The third kappa shape index (κ3) is 27.2. The molecule has 0 aromatic heterocycles. The van der Waals surface area contributed by atoms with Crippen molar-refractivity contribution in [2.75, 3.05) is 4.43 Å². The fourth-order valence-electron chi connectivity index (χ4n) is 4.71. The van der Waals surface area contributed by atoms with Crippen molar-refractivity contribution in [3.63, 3.8) is 0 Å². The number of hydrogen-bond acceptors (Lipinski definition) is 0. The first kappa shape index (κ1) is 39.6. The molecule has 0 rings (SSSR count). The average molecular weight is 673 g/mol. The van der Waals surface area contributed by atoms with Crippen molar-refractivity contribution in [2.24, 2.45) is 0 Å². The topological polar surface area (TPSA) is 0 Å². The molecule has 0 fully saturated rings. The molecule has 0 nitrogen and oxygen atoms in total. The predicted molar refractivity (Wildman–Crippen MR) is 199 cm³/mol. The van der Waals surface area contributed by atoms with Gasteiger partial charge in [-0.15, -0.1) is 0 Å². The average Bonchev–Trinajstić information content (AvgIpc) is 2.88. The Morgan fingerprint density at radius 2 is 0.512 bits per heavy atom. The highest BCUT2D eigenvalue weighted by molar-refractivity contribution is 14.1. The Kier molecular flexibility index (Phi) is 25.4. The van der Waals surface area contributed by atoms with Crippen molar-refractivity contribution in [1.82, 2.24) is 0 Å². The van der Waals surface area contributed by atoms with Gasteiger partial charge in [-0.05, 0) is 152 Å². The Morgan fingerprint density at radius 3 is 0.707 bits per heavy atom. The lowest BCUT2D eigenvalue weighted by Gasteiger charge is -2.04. The van der Waals surface area contributed by atoms with Crippen molar-refractivity contribution in [3.8, 4) is 0 Å². The molecule has 0 N–H and O–H groups in total. The minimum Gasteiger partial charge on any atom is -0.0856 e. The van der Waals surface area contributed by atoms with Gasteiger partial charge in [0.1, 0.15) is 0 Å². The van der Waals surface area contributed by atoms with E-state index in [4.69, 9.17) is 0 Å². The normalized spacial score (nSPS) is 14.6. The van der Waals surface area contributed by atoms with Crippen LogP contribution in [0.15, 0.2) is 93.2 Å². The summed E-state index contributed by atoms with van der Waals surface area (Å²) in [6.07, 6.45) is 35.9. The van der Waals surface area contributed by atoms with Gasteiger partial charge in [-0.3, -0.25) is 0 Å². The van der Waals surface area contributed by atoms with Gasteiger partial charge in [0.05, 0.1) is 0 Å². The van der Waals surface area contributed by atoms with Gasteiger partial charge in [-0.2, -0.15) is 0 Å². The van der Waals surface area contributed by atoms with Crippen LogP contribution < -0.4 is 0 Å². The van der Waals surface area contributed by atoms with E-state index in [2.05, 4.69) is 134 Å². The first-order valence-corrected chi connectivity index (χ1v) is 17.8. The van der Waals surface area contributed by atoms with Gasteiger partial charge in [0.15, 0.2) is 0 Å². The highest BCUT2D eigenvalue weighted by atomic mass is 127. The van der Waals surface area contributed by atoms with Gasteiger partial charge in [-0.25, -0.2) is 0 Å². The molecule has 232 valence electrons. The van der Waals surface area contributed by atoms with Crippen LogP contribution in [-0.4, -0.2) is 4.43 Å². The Labute approximate surface area is 271 Å². The lowest BCUT2D eigenvalue weighted by atomic mass is 10.0. The second-order valence-corrected chi connectivity index (χ2v) is 13.4. The Balaban J connectivity index is 4.18. The van der Waals surface area contributed by atoms with E-state index in [9.17, 15) is 0 Å². The fraction of sp³-hybridized carbons (Fsp3) is 0.600. The summed E-state index contributed by atoms with van der Waals surface area (Å²) < 4.78 is 1.12. The van der Waals surface area contributed by atoms with Crippen molar-refractivity contribution in [2.45, 2.75) is 152 Å². The van der Waals surface area contributed by atoms with Gasteiger partial charge >= 0.3 is 0 Å². The summed E-state index contributed by atoms with van der Waals surface area (Å²) in [6.45, 7) is 20.4. The van der Waals surface area contributed by atoms with E-state index < -0.39 is 0 Å². The molecule has 1 heteroatoms. The maximum absolute atomic E-state index is 2.46. The van der Waals surface area contributed by atoms with Gasteiger partial charge in [0.2, 0.25) is 0 Å². The third-order valence-corrected chi connectivity index (χ3v) is 8.15. The summed E-state index contributed by atoms with van der Waals surface area (Å²) >= 11 is 2.42. The summed E-state index contributed by atoms with van der Waals surface area (Å²) in [4.78, 5) is 0. The quantitative estimate of drug-likeness (QED) is 0.0610. The van der Waals surface area contributed by atoms with Crippen LogP contribution in [0, 0.1) is 0 Å². The van der Waals surface area contributed by atoms with Crippen LogP contribution in [0.5, 0.6) is 0 Å². The molecule has 0 aromatic carbocycles. The standard InChI is InChI=1S/C40H65I/c1-33(2)17-10-18-34(3)19-11-20-35(4)21-12-22-36(5)23-13-24-37(6)25-14-26-38(7)27-15-28-39(8)29-16-30-40(9)31-32-41/h17,19,21,23,25,27,29,31H,10-16,18,20,22,24,26,28,30,32H2,1-9H3/b34-19?,35-21?,36-23?,37-25?,38-27?,39-29+,40-31+. The van der Waals surface area contributed by atoms with Crippen molar-refractivity contribution in [1.29, 1.82) is 0 Å². The molecule has 0 aliphatic heterocycles. The van der Waals surface area contributed by atoms with Crippen LogP contribution in [0.25, 0.3) is 0 Å². The largest absolute Gasteiger partial charge is 0.0856 e. The maximum atomic E-state index is 2.46. The van der Waals surface area contributed by atoms with Gasteiger partial charge < -0.3 is 0 Å². The third-order valence-electron chi connectivity index (χ3n) is 7.71. The molecule has 0 atom stereocenters. The number of hydrogen-bond donors (Lipinski definition) is 0. The predicted octanol–water partition coefficient (Wildman–Crippen LogP) is 14.5. The second-order valence-electron chi connectivity index (χ2n) is 12.6. The lowest BCUT2D eigenvalue weighted by Crippen LogP contribution is -1.84. The smallest absolute Gasteiger partial charge is 0.0178 e. The highest BCUT2D eigenvalue weighted by Crippen LogP contribution is 2.17. The van der Waals surface area contributed by atoms with Crippen LogP contribution in [0.3, 0.4) is 0 Å². The van der Waals surface area contributed by atoms with Gasteiger partial charge in [0, 0.05) is 4.43 Å². The molecule has 0 spiro atoms. The molecule has 0 saturated carbocycles. The van der Waals surface area contributed by atoms with Crippen molar-refractivity contribution >= 4 is 22.6 Å². The van der Waals surface area contributed by atoms with Gasteiger partial charge in [0.25, 0.3) is 0 Å². The van der Waals surface area contributed by atoms with Crippen LogP contribution in [0.4, 0.5) is 0 Å². The SMILES string of the molecule is CC(C)=CCCC(C)=CCCC(C)=CCCC(C)=CCCC(C)=CCCC(C)=CCC/C(C)=C/CC/C(C)=C/CI. The molecular weight excluding hydrogens is 607 g/mol. The maximum Gasteiger partial charge on any atom is 0.0178 e. The summed E-state index contributed by atoms with van der Waals surface area (Å²) in [6, 6.07) is 0. The summed E-state index contributed by atoms with van der Waals surface area (Å²) in [5, 5.41) is 0. The van der Waals surface area contributed by atoms with Crippen molar-refractivity contribution in [3.05, 3.63) is 93.2 Å². The minimum atomic E-state index is 1.12. The Hall–Kier alpha value is -1.35. The number of allylic oxidation sites excluding steroid dienone is 16. The second kappa shape index (κ2) is 26.3. The first-order chi connectivity index (χ1) is 19.5. The zero-order valence-corrected chi connectivity index (χ0v) is 30.8. The minimum absolute atomic E-state index is 1.12. The van der Waals surface area contributed by atoms with Gasteiger partial charge in [-0.1, -0.05) is 116 Å². The number of rotatable bonds is 22. The van der Waals surface area contributed by atoms with Crippen LogP contribution >= 0.6 is 22.6 Å². The van der Waals surface area contributed by atoms with E-state index in [1.165, 1.54) is 134 Å². The monoisotopic (exact) mass is 672 g/mol. The van der Waals surface area contributed by atoms with Crippen LogP contribution in [-0.2, 0) is 0 Å². The summed E-state index contributed by atoms with van der Waals surface area (Å²) in [5.41, 5.74) is 12.1. The molecule has 0 unspecified atom stereocenters. The van der Waals surface area contributed by atoms with E-state index in [0.717, 1.165) is 4.43 Å². The molecule has 0 radical (unpaired) electrons. The Bertz CT molecular complexity index is 951. The fourth-order valence-corrected chi connectivity index (χ4v) is 5.46. The van der Waals surface area contributed by atoms with E-state index in [-0.39, 0.29) is 0 Å². The molecule has 0 bridgehead atoms. The molecule has 41 heavy (non-hydrogen) atoms. The molecule has 0 saturated heterocycles. The first-order valence-electron chi connectivity index (χ1n) is 16.3. The van der Waals surface area contributed by atoms with E-state index in [0.29, 0.717) is 0 Å².